The molecule has 0 aromatic rings. The molecule has 0 radical (unpaired) electrons. The summed E-state index contributed by atoms with van der Waals surface area (Å²) in [5, 5.41) is 10.4. The zero-order valence-electron chi connectivity index (χ0n) is 13.8. The summed E-state index contributed by atoms with van der Waals surface area (Å²) in [6, 6.07) is 0.206. The Labute approximate surface area is 128 Å². The van der Waals surface area contributed by atoms with Gasteiger partial charge in [-0.2, -0.15) is 0 Å². The topological polar surface area (TPSA) is 41.9 Å². The number of aliphatic hydroxyl groups excluding tert-OH is 1. The molecule has 4 nitrogen and oxygen atoms in total. The fourth-order valence-corrected chi connectivity index (χ4v) is 4.35. The average molecular weight is 297 g/mol. The van der Waals surface area contributed by atoms with Gasteiger partial charge in [0.15, 0.2) is 5.79 Å². The molecule has 0 amide bonds. The summed E-state index contributed by atoms with van der Waals surface area (Å²) < 4.78 is 11.7. The van der Waals surface area contributed by atoms with Gasteiger partial charge in [-0.1, -0.05) is 20.8 Å². The first kappa shape index (κ1) is 15.7. The minimum Gasteiger partial charge on any atom is -0.391 e. The summed E-state index contributed by atoms with van der Waals surface area (Å²) in [7, 11) is 0. The molecule has 2 aliphatic heterocycles. The van der Waals surface area contributed by atoms with Gasteiger partial charge >= 0.3 is 0 Å². The van der Waals surface area contributed by atoms with Crippen LogP contribution >= 0.6 is 0 Å². The molecule has 4 heteroatoms. The predicted molar refractivity (Wildman–Crippen MR) is 82.0 cm³/mol. The molecule has 3 fully saturated rings. The Morgan fingerprint density at radius 1 is 1.05 bits per heavy atom. The number of hydrogen-bond acceptors (Lipinski definition) is 4. The van der Waals surface area contributed by atoms with Gasteiger partial charge < -0.3 is 14.6 Å². The molecule has 2 heterocycles. The van der Waals surface area contributed by atoms with E-state index in [0.29, 0.717) is 18.6 Å². The molecule has 3 rings (SSSR count). The van der Waals surface area contributed by atoms with Gasteiger partial charge in [0.05, 0.1) is 19.3 Å². The molecule has 1 spiro atoms. The lowest BCUT2D eigenvalue weighted by molar-refractivity contribution is -0.206. The predicted octanol–water partition coefficient (Wildman–Crippen LogP) is 2.40. The Morgan fingerprint density at radius 2 is 1.67 bits per heavy atom. The summed E-state index contributed by atoms with van der Waals surface area (Å²) in [6.07, 6.45) is 4.71. The lowest BCUT2D eigenvalue weighted by Gasteiger charge is -2.47. The zero-order valence-corrected chi connectivity index (χ0v) is 13.8. The van der Waals surface area contributed by atoms with E-state index in [9.17, 15) is 5.11 Å². The third kappa shape index (κ3) is 3.29. The van der Waals surface area contributed by atoms with E-state index in [1.54, 1.807) is 0 Å². The summed E-state index contributed by atoms with van der Waals surface area (Å²) in [6.45, 7) is 10.6. The zero-order chi connectivity index (χ0) is 15.1. The second-order valence-electron chi connectivity index (χ2n) is 8.16. The van der Waals surface area contributed by atoms with Crippen molar-refractivity contribution in [1.82, 2.24) is 4.90 Å². The van der Waals surface area contributed by atoms with Crippen molar-refractivity contribution < 1.29 is 14.6 Å². The van der Waals surface area contributed by atoms with Crippen LogP contribution in [0.3, 0.4) is 0 Å². The van der Waals surface area contributed by atoms with Crippen molar-refractivity contribution in [3.8, 4) is 0 Å². The van der Waals surface area contributed by atoms with Gasteiger partial charge in [0.1, 0.15) is 0 Å². The van der Waals surface area contributed by atoms with Gasteiger partial charge in [-0.15, -0.1) is 0 Å². The fourth-order valence-electron chi connectivity index (χ4n) is 4.35. The average Bonchev–Trinajstić information content (AvgIpc) is 2.90. The number of aliphatic hydroxyl groups is 1. The molecule has 1 saturated carbocycles. The minimum absolute atomic E-state index is 0.206. The summed E-state index contributed by atoms with van der Waals surface area (Å²) in [5.74, 6) is 0.396. The third-order valence-corrected chi connectivity index (χ3v) is 5.82. The van der Waals surface area contributed by atoms with E-state index in [0.717, 1.165) is 38.3 Å². The largest absolute Gasteiger partial charge is 0.391 e. The van der Waals surface area contributed by atoms with E-state index in [4.69, 9.17) is 9.47 Å². The van der Waals surface area contributed by atoms with E-state index < -0.39 is 5.79 Å². The van der Waals surface area contributed by atoms with Crippen molar-refractivity contribution in [3.05, 3.63) is 0 Å². The van der Waals surface area contributed by atoms with Crippen LogP contribution in [-0.2, 0) is 9.47 Å². The molecule has 2 atom stereocenters. The fraction of sp³-hybridized carbons (Fsp3) is 1.00. The smallest absolute Gasteiger partial charge is 0.170 e. The molecule has 0 bridgehead atoms. The number of rotatable bonds is 1. The van der Waals surface area contributed by atoms with Gasteiger partial charge in [0.2, 0.25) is 0 Å². The van der Waals surface area contributed by atoms with E-state index in [1.165, 1.54) is 12.8 Å². The second kappa shape index (κ2) is 5.80. The van der Waals surface area contributed by atoms with Gasteiger partial charge in [-0.3, -0.25) is 4.90 Å². The highest BCUT2D eigenvalue weighted by molar-refractivity contribution is 4.95. The van der Waals surface area contributed by atoms with Crippen molar-refractivity contribution in [3.63, 3.8) is 0 Å². The van der Waals surface area contributed by atoms with Crippen LogP contribution in [0.2, 0.25) is 0 Å². The first-order chi connectivity index (χ1) is 9.90. The Hall–Kier alpha value is -0.160. The van der Waals surface area contributed by atoms with Gasteiger partial charge in [0, 0.05) is 18.9 Å². The maximum absolute atomic E-state index is 10.4. The Balaban J connectivity index is 1.61. The standard InChI is InChI=1S/C17H31NO3/c1-16(2,3)13-5-8-18(9-6-13)14-12-17(7-4-15(14)19)20-10-11-21-17/h13-15,19H,4-12H2,1-3H3. The third-order valence-electron chi connectivity index (χ3n) is 5.82. The summed E-state index contributed by atoms with van der Waals surface area (Å²) in [4.78, 5) is 2.48. The van der Waals surface area contributed by atoms with Crippen LogP contribution in [0.1, 0.15) is 52.9 Å². The first-order valence-corrected chi connectivity index (χ1v) is 8.60. The SMILES string of the molecule is CC(C)(C)C1CCN(C2CC3(CCC2O)OCCO3)CC1. The van der Waals surface area contributed by atoms with Crippen LogP contribution in [0.5, 0.6) is 0 Å². The molecule has 0 aromatic heterocycles. The highest BCUT2D eigenvalue weighted by Crippen LogP contribution is 2.40. The maximum atomic E-state index is 10.4. The van der Waals surface area contributed by atoms with Crippen molar-refractivity contribution >= 4 is 0 Å². The van der Waals surface area contributed by atoms with Crippen molar-refractivity contribution in [1.29, 1.82) is 0 Å². The number of ether oxygens (including phenoxy) is 2. The van der Waals surface area contributed by atoms with E-state index in [1.807, 2.05) is 0 Å². The quantitative estimate of drug-likeness (QED) is 0.807. The highest BCUT2D eigenvalue weighted by atomic mass is 16.7. The van der Waals surface area contributed by atoms with Gasteiger partial charge in [-0.05, 0) is 43.7 Å². The second-order valence-corrected chi connectivity index (χ2v) is 8.16. The highest BCUT2D eigenvalue weighted by Gasteiger charge is 2.47. The number of hydrogen-bond donors (Lipinski definition) is 1. The van der Waals surface area contributed by atoms with Crippen LogP contribution < -0.4 is 0 Å². The van der Waals surface area contributed by atoms with Gasteiger partial charge in [0.25, 0.3) is 0 Å². The lowest BCUT2D eigenvalue weighted by Crippen LogP contribution is -2.55. The summed E-state index contributed by atoms with van der Waals surface area (Å²) >= 11 is 0. The lowest BCUT2D eigenvalue weighted by atomic mass is 9.74. The normalized spacial score (nSPS) is 35.4. The van der Waals surface area contributed by atoms with Crippen molar-refractivity contribution in [2.24, 2.45) is 11.3 Å². The number of likely N-dealkylation sites (tertiary alicyclic amines) is 1. The number of piperidine rings is 1. The Bertz CT molecular complexity index is 352. The first-order valence-electron chi connectivity index (χ1n) is 8.60. The molecule has 1 aliphatic carbocycles. The van der Waals surface area contributed by atoms with Crippen LogP contribution in [0.15, 0.2) is 0 Å². The number of nitrogens with zero attached hydrogens (tertiary/aromatic N) is 1. The molecule has 2 unspecified atom stereocenters. The van der Waals surface area contributed by atoms with Crippen LogP contribution in [0.4, 0.5) is 0 Å². The molecule has 0 aromatic carbocycles. The molecule has 2 saturated heterocycles. The van der Waals surface area contributed by atoms with Crippen molar-refractivity contribution in [2.45, 2.75) is 70.8 Å². The van der Waals surface area contributed by atoms with E-state index in [2.05, 4.69) is 25.7 Å². The monoisotopic (exact) mass is 297 g/mol. The van der Waals surface area contributed by atoms with Crippen molar-refractivity contribution in [2.75, 3.05) is 26.3 Å². The van der Waals surface area contributed by atoms with Crippen LogP contribution in [-0.4, -0.2) is 54.2 Å². The Morgan fingerprint density at radius 3 is 2.24 bits per heavy atom. The molecule has 1 N–H and O–H groups in total. The molecular formula is C17H31NO3. The van der Waals surface area contributed by atoms with Crippen LogP contribution in [0, 0.1) is 11.3 Å². The molecule has 122 valence electrons. The Kier molecular flexibility index (Phi) is 4.34. The molecular weight excluding hydrogens is 266 g/mol. The summed E-state index contributed by atoms with van der Waals surface area (Å²) in [5.41, 5.74) is 0.399. The minimum atomic E-state index is -0.398. The molecule has 3 aliphatic rings. The van der Waals surface area contributed by atoms with Crippen LogP contribution in [0.25, 0.3) is 0 Å². The molecule has 21 heavy (non-hydrogen) atoms. The van der Waals surface area contributed by atoms with Gasteiger partial charge in [-0.25, -0.2) is 0 Å². The van der Waals surface area contributed by atoms with E-state index >= 15 is 0 Å². The maximum Gasteiger partial charge on any atom is 0.170 e. The van der Waals surface area contributed by atoms with E-state index in [-0.39, 0.29) is 12.1 Å².